The Kier molecular flexibility index (Phi) is 15.6. The lowest BCUT2D eigenvalue weighted by Gasteiger charge is -2.44. The Balaban J connectivity index is 0.909. The number of hydrogen-bond donors (Lipinski definition) is 0. The molecule has 112 heavy (non-hydrogen) atoms. The third-order valence-corrected chi connectivity index (χ3v) is 24.3. The fourth-order valence-electron chi connectivity index (χ4n) is 18.4. The van der Waals surface area contributed by atoms with E-state index in [2.05, 4.69) is 434 Å². The molecule has 15 aromatic carbocycles. The van der Waals surface area contributed by atoms with Gasteiger partial charge in [0.15, 0.2) is 0 Å². The third-order valence-electron chi connectivity index (χ3n) is 24.3. The second kappa shape index (κ2) is 25.5. The lowest BCUT2D eigenvalue weighted by molar-refractivity contribution is 0.590. The largest absolute Gasteiger partial charge is 0.311 e. The summed E-state index contributed by atoms with van der Waals surface area (Å²) in [6.07, 6.45) is 0. The highest BCUT2D eigenvalue weighted by Gasteiger charge is 2.45. The summed E-state index contributed by atoms with van der Waals surface area (Å²) in [6, 6.07) is 125. The van der Waals surface area contributed by atoms with Gasteiger partial charge >= 0.3 is 0 Å². The average Bonchev–Trinajstić information content (AvgIpc) is 0.818. The number of aromatic nitrogens is 3. The molecule has 0 bridgehead atoms. The molecule has 5 heterocycles. The van der Waals surface area contributed by atoms with E-state index < -0.39 is 0 Å². The minimum Gasteiger partial charge on any atom is -0.311 e. The first-order valence-electron chi connectivity index (χ1n) is 39.8. The summed E-state index contributed by atoms with van der Waals surface area (Å²) in [4.78, 5) is 5.26. The Morgan fingerprint density at radius 3 is 0.804 bits per heavy atom. The zero-order chi connectivity index (χ0) is 76.4. The molecular weight excluding hydrogens is 1350 g/mol. The Hall–Kier alpha value is -12.6. The molecule has 0 amide bonds. The number of benzene rings is 15. The van der Waals surface area contributed by atoms with Gasteiger partial charge < -0.3 is 23.5 Å². The monoisotopic (exact) mass is 1440 g/mol. The Morgan fingerprint density at radius 1 is 0.205 bits per heavy atom. The molecular formula is C106H90BN5. The first-order chi connectivity index (χ1) is 54.1. The second-order valence-corrected chi connectivity index (χ2v) is 35.4. The molecule has 6 heteroatoms. The lowest BCUT2D eigenvalue weighted by Crippen LogP contribution is -2.61. The normalized spacial score (nSPS) is 13.1. The van der Waals surface area contributed by atoms with E-state index in [1.165, 1.54) is 126 Å². The van der Waals surface area contributed by atoms with Gasteiger partial charge in [-0.3, -0.25) is 0 Å². The van der Waals surface area contributed by atoms with E-state index in [0.717, 1.165) is 73.3 Å². The Bertz CT molecular complexity index is 6290. The van der Waals surface area contributed by atoms with Crippen molar-refractivity contribution in [2.75, 3.05) is 9.80 Å². The predicted octanol–water partition coefficient (Wildman–Crippen LogP) is 26.9. The number of rotatable bonds is 9. The van der Waals surface area contributed by atoms with Crippen molar-refractivity contribution >= 4 is 123 Å². The molecule has 0 unspecified atom stereocenters. The van der Waals surface area contributed by atoms with E-state index in [1.807, 2.05) is 0 Å². The van der Waals surface area contributed by atoms with E-state index in [0.29, 0.717) is 0 Å². The maximum absolute atomic E-state index is 2.63. The van der Waals surface area contributed by atoms with Crippen LogP contribution in [0.1, 0.15) is 105 Å². The molecule has 0 saturated carbocycles. The number of fused-ring (bicyclic) bond motifs is 13. The molecule has 0 spiro atoms. The summed E-state index contributed by atoms with van der Waals surface area (Å²) >= 11 is 0. The van der Waals surface area contributed by atoms with Gasteiger partial charge in [-0.1, -0.05) is 314 Å². The van der Waals surface area contributed by atoms with Crippen LogP contribution in [-0.2, 0) is 21.7 Å². The highest BCUT2D eigenvalue weighted by Crippen LogP contribution is 2.50. The van der Waals surface area contributed by atoms with Gasteiger partial charge in [-0.05, 0) is 202 Å². The fraction of sp³-hybridized carbons (Fsp3) is 0.151. The summed E-state index contributed by atoms with van der Waals surface area (Å²) < 4.78 is 7.70. The maximum atomic E-state index is 2.63. The number of para-hydroxylation sites is 2. The standard InChI is InChI=1S/C106H90BN5/c1-103(2,3)71-43-53-86-87-54-44-72(104(4,5)6)60-95(87)110(94(86)59-71)77-51-57-90-98(63-77)108(75-47-39-69(40-48-75)82-33-21-19-31-80(82)67-27-15-13-16-28-67)100-65-79(112-92-37-25-23-35-84(92)85-36-24-26-38-93(85)112)66-101-102(100)107(90)91-58-52-78(111-96-61-73(105(7,8)9)45-55-88(96)89-56-46-74(62-97(89)111)106(10,11)12)64-99(91)109(101)76-49-41-70(42-50-76)83-34-22-20-32-81(83)68-29-17-14-18-30-68/h13-66H,1-12H3. The van der Waals surface area contributed by atoms with Crippen molar-refractivity contribution in [1.82, 2.24) is 13.7 Å². The van der Waals surface area contributed by atoms with Crippen LogP contribution in [0.2, 0.25) is 0 Å². The predicted molar refractivity (Wildman–Crippen MR) is 480 cm³/mol. The molecule has 2 aliphatic rings. The molecule has 3 aromatic heterocycles. The molecule has 0 fully saturated rings. The summed E-state index contributed by atoms with van der Waals surface area (Å²) in [5, 5.41) is 7.40. The van der Waals surface area contributed by atoms with Gasteiger partial charge in [-0.15, -0.1) is 0 Å². The average molecular weight is 1440 g/mol. The minimum absolute atomic E-state index is 0.0911. The van der Waals surface area contributed by atoms with Crippen molar-refractivity contribution in [2.45, 2.75) is 105 Å². The van der Waals surface area contributed by atoms with Crippen LogP contribution in [0.25, 0.3) is 127 Å². The second-order valence-electron chi connectivity index (χ2n) is 35.4. The van der Waals surface area contributed by atoms with Crippen LogP contribution in [0.3, 0.4) is 0 Å². The summed E-state index contributed by atoms with van der Waals surface area (Å²) in [5.74, 6) is 0. The molecule has 18 aromatic rings. The SMILES string of the molecule is CC(C)(C)c1ccc2c3ccc(C(C)(C)C)cc3n(-c3ccc4c(c3)N(c3ccc(-c5ccccc5-c5ccccc5)cc3)c3cc(-n5c6ccccc6c6ccccc65)cc5c3B4c3ccc(-n4c6cc(C(C)(C)C)ccc6c6ccc(C(C)(C)C)cc64)cc3N5c3ccc(-c4ccccc4-c4ccccc4)cc3)c2c1. The Morgan fingerprint density at radius 2 is 0.473 bits per heavy atom. The van der Waals surface area contributed by atoms with E-state index in [1.54, 1.807) is 0 Å². The molecule has 0 radical (unpaired) electrons. The van der Waals surface area contributed by atoms with E-state index in [9.17, 15) is 0 Å². The molecule has 2 aliphatic heterocycles. The smallest absolute Gasteiger partial charge is 0.252 e. The Labute approximate surface area is 658 Å². The maximum Gasteiger partial charge on any atom is 0.252 e. The molecule has 0 saturated heterocycles. The number of nitrogens with zero attached hydrogens (tertiary/aromatic N) is 5. The van der Waals surface area contributed by atoms with Crippen LogP contribution >= 0.6 is 0 Å². The topological polar surface area (TPSA) is 21.3 Å². The zero-order valence-corrected chi connectivity index (χ0v) is 66.0. The van der Waals surface area contributed by atoms with Crippen molar-refractivity contribution in [1.29, 1.82) is 0 Å². The van der Waals surface area contributed by atoms with Crippen molar-refractivity contribution in [3.63, 3.8) is 0 Å². The van der Waals surface area contributed by atoms with Crippen LogP contribution in [-0.4, -0.2) is 20.4 Å². The molecule has 0 aliphatic carbocycles. The van der Waals surface area contributed by atoms with Crippen LogP contribution in [0, 0.1) is 0 Å². The third kappa shape index (κ3) is 11.1. The zero-order valence-electron chi connectivity index (χ0n) is 66.0. The van der Waals surface area contributed by atoms with Gasteiger partial charge in [0.2, 0.25) is 0 Å². The van der Waals surface area contributed by atoms with Gasteiger partial charge in [-0.25, -0.2) is 0 Å². The van der Waals surface area contributed by atoms with Gasteiger partial charge in [0, 0.05) is 77.8 Å². The summed E-state index contributed by atoms with van der Waals surface area (Å²) in [6.45, 7) is 27.8. The number of anilines is 6. The van der Waals surface area contributed by atoms with Crippen LogP contribution in [0.15, 0.2) is 328 Å². The fourth-order valence-corrected chi connectivity index (χ4v) is 18.4. The molecule has 0 atom stereocenters. The molecule has 542 valence electrons. The highest BCUT2D eigenvalue weighted by molar-refractivity contribution is 7.00. The van der Waals surface area contributed by atoms with Crippen molar-refractivity contribution in [2.24, 2.45) is 0 Å². The lowest BCUT2D eigenvalue weighted by atomic mass is 9.33. The van der Waals surface area contributed by atoms with Crippen LogP contribution < -0.4 is 26.2 Å². The number of hydrogen-bond acceptors (Lipinski definition) is 2. The first-order valence-corrected chi connectivity index (χ1v) is 39.8. The van der Waals surface area contributed by atoms with Crippen molar-refractivity contribution in [3.8, 4) is 61.6 Å². The van der Waals surface area contributed by atoms with Crippen LogP contribution in [0.5, 0.6) is 0 Å². The van der Waals surface area contributed by atoms with E-state index in [-0.39, 0.29) is 28.4 Å². The molecule has 5 nitrogen and oxygen atoms in total. The van der Waals surface area contributed by atoms with E-state index in [4.69, 9.17) is 0 Å². The van der Waals surface area contributed by atoms with Gasteiger partial charge in [0.25, 0.3) is 6.71 Å². The summed E-state index contributed by atoms with van der Waals surface area (Å²) in [7, 11) is 0. The minimum atomic E-state index is -0.233. The quantitative estimate of drug-likeness (QED) is 0.134. The first kappa shape index (κ1) is 68.6. The van der Waals surface area contributed by atoms with Gasteiger partial charge in [0.05, 0.1) is 38.8 Å². The molecule has 0 N–H and O–H groups in total. The van der Waals surface area contributed by atoms with Crippen molar-refractivity contribution < 1.29 is 0 Å². The highest BCUT2D eigenvalue weighted by atomic mass is 15.2. The van der Waals surface area contributed by atoms with Gasteiger partial charge in [-0.2, -0.15) is 0 Å². The van der Waals surface area contributed by atoms with Gasteiger partial charge in [0.1, 0.15) is 0 Å². The molecule has 20 rings (SSSR count). The summed E-state index contributed by atoms with van der Waals surface area (Å²) in [5.41, 5.74) is 35.0. The van der Waals surface area contributed by atoms with Crippen LogP contribution in [0.4, 0.5) is 34.1 Å². The van der Waals surface area contributed by atoms with Crippen molar-refractivity contribution in [3.05, 3.63) is 350 Å². The van der Waals surface area contributed by atoms with E-state index >= 15 is 0 Å².